The van der Waals surface area contributed by atoms with E-state index < -0.39 is 39.4 Å². The quantitative estimate of drug-likeness (QED) is 0.389. The van der Waals surface area contributed by atoms with Gasteiger partial charge >= 0.3 is 5.97 Å². The van der Waals surface area contributed by atoms with Crippen LogP contribution in [0.1, 0.15) is 43.7 Å². The van der Waals surface area contributed by atoms with Crippen molar-refractivity contribution in [2.24, 2.45) is 5.92 Å². The summed E-state index contributed by atoms with van der Waals surface area (Å²) >= 11 is 12.6. The summed E-state index contributed by atoms with van der Waals surface area (Å²) in [5, 5.41) is 18.9. The Morgan fingerprint density at radius 1 is 1.07 bits per heavy atom. The molecular formula is C31H30Cl2N6O6S. The second-order valence-electron chi connectivity index (χ2n) is 12.0. The van der Waals surface area contributed by atoms with Crippen LogP contribution < -0.4 is 4.90 Å². The van der Waals surface area contributed by atoms with Crippen molar-refractivity contribution in [1.29, 1.82) is 5.26 Å². The summed E-state index contributed by atoms with van der Waals surface area (Å²) in [4.78, 5) is 46.7. The Kier molecular flexibility index (Phi) is 8.35. The normalized spacial score (nSPS) is 22.2. The van der Waals surface area contributed by atoms with Crippen LogP contribution in [0.5, 0.6) is 0 Å². The fraction of sp³-hybridized carbons (Fsp3) is 0.387. The number of aliphatic carboxylic acids is 1. The topological polar surface area (TPSA) is 157 Å². The summed E-state index contributed by atoms with van der Waals surface area (Å²) in [5.74, 6) is -2.22. The van der Waals surface area contributed by atoms with Crippen LogP contribution in [0.2, 0.25) is 10.0 Å². The smallest absolute Gasteiger partial charge is 0.306 e. The van der Waals surface area contributed by atoms with E-state index in [0.29, 0.717) is 42.5 Å². The molecule has 0 spiro atoms. The molecular weight excluding hydrogens is 655 g/mol. The highest BCUT2D eigenvalue weighted by molar-refractivity contribution is 7.89. The van der Waals surface area contributed by atoms with Crippen LogP contribution >= 0.6 is 23.2 Å². The first kappa shape index (κ1) is 32.0. The van der Waals surface area contributed by atoms with Gasteiger partial charge in [0.15, 0.2) is 5.03 Å². The van der Waals surface area contributed by atoms with Crippen LogP contribution in [0.4, 0.5) is 11.6 Å². The maximum Gasteiger partial charge on any atom is 0.306 e. The number of nitriles is 1. The van der Waals surface area contributed by atoms with E-state index >= 15 is 0 Å². The van der Waals surface area contributed by atoms with E-state index in [0.717, 1.165) is 0 Å². The van der Waals surface area contributed by atoms with Crippen molar-refractivity contribution in [2.45, 2.75) is 55.6 Å². The predicted octanol–water partition coefficient (Wildman–Crippen LogP) is 4.17. The number of imidazole rings is 1. The fourth-order valence-corrected chi connectivity index (χ4v) is 9.02. The van der Waals surface area contributed by atoms with Crippen LogP contribution in [0.15, 0.2) is 53.7 Å². The number of sulfonamides is 1. The highest BCUT2D eigenvalue weighted by Crippen LogP contribution is 2.45. The first-order valence-corrected chi connectivity index (χ1v) is 17.0. The number of carbonyl (C=O) groups excluding carboxylic acids is 2. The number of hydrogen-bond donors (Lipinski definition) is 1. The molecule has 4 heterocycles. The Labute approximate surface area is 275 Å². The van der Waals surface area contributed by atoms with E-state index in [9.17, 15) is 33.2 Å². The number of benzene rings is 2. The van der Waals surface area contributed by atoms with Gasteiger partial charge in [-0.1, -0.05) is 35.3 Å². The monoisotopic (exact) mass is 684 g/mol. The third-order valence-corrected chi connectivity index (χ3v) is 11.3. The zero-order chi connectivity index (χ0) is 33.0. The average molecular weight is 686 g/mol. The molecule has 1 N–H and O–H groups in total. The third kappa shape index (κ3) is 5.43. The van der Waals surface area contributed by atoms with E-state index in [4.69, 9.17) is 23.2 Å². The van der Waals surface area contributed by atoms with Gasteiger partial charge in [-0.25, -0.2) is 18.3 Å². The third-order valence-electron chi connectivity index (χ3n) is 9.02. The predicted molar refractivity (Wildman–Crippen MR) is 168 cm³/mol. The number of aromatic nitrogens is 2. The number of fused-ring (bicyclic) bond motifs is 1. The van der Waals surface area contributed by atoms with E-state index in [-0.39, 0.29) is 53.0 Å². The lowest BCUT2D eigenvalue weighted by atomic mass is 9.91. The number of amides is 2. The molecule has 12 nitrogen and oxygen atoms in total. The number of hydrogen-bond acceptors (Lipinski definition) is 7. The molecule has 3 aliphatic heterocycles. The first-order chi connectivity index (χ1) is 21.8. The van der Waals surface area contributed by atoms with Gasteiger partial charge in [-0.15, -0.1) is 0 Å². The standard InChI is InChI=1S/C31H30Cl2N6O6S/c1-31(16-19-4-6-20(17-34)7-5-19)29(43)38(24-14-22(32)13-23(33)15-24)30-35-18-26(39(30)31)46(44,45)37-10-2-3-25(37)27(40)36-11-8-21(9-12-36)28(41)42/h4-7,13-15,18,21,25H,2-3,8-12,16H2,1H3,(H,41,42)/t25-,31+/m0/s1. The number of carboxylic acid groups (broad SMARTS) is 1. The zero-order valence-corrected chi connectivity index (χ0v) is 27.1. The maximum atomic E-state index is 14.5. The second kappa shape index (κ2) is 12.0. The van der Waals surface area contributed by atoms with Crippen LogP contribution in [0.3, 0.4) is 0 Å². The number of nitrogens with zero attached hydrogens (tertiary/aromatic N) is 6. The molecule has 2 atom stereocenters. The van der Waals surface area contributed by atoms with Gasteiger partial charge in [-0.3, -0.25) is 19.0 Å². The van der Waals surface area contributed by atoms with Crippen LogP contribution in [-0.2, 0) is 36.4 Å². The molecule has 0 radical (unpaired) electrons. The van der Waals surface area contributed by atoms with Gasteiger partial charge in [0.25, 0.3) is 15.9 Å². The van der Waals surface area contributed by atoms with E-state index in [2.05, 4.69) is 11.1 Å². The number of anilines is 2. The lowest BCUT2D eigenvalue weighted by molar-refractivity contribution is -0.146. The lowest BCUT2D eigenvalue weighted by Crippen LogP contribution is -2.51. The minimum absolute atomic E-state index is 0.0517. The van der Waals surface area contributed by atoms with Gasteiger partial charge in [0.1, 0.15) is 11.6 Å². The number of carbonyl (C=O) groups is 3. The highest BCUT2D eigenvalue weighted by atomic mass is 35.5. The van der Waals surface area contributed by atoms with Gasteiger partial charge in [0.2, 0.25) is 11.9 Å². The molecule has 1 aromatic heterocycles. The van der Waals surface area contributed by atoms with E-state index in [1.807, 2.05) is 0 Å². The molecule has 0 saturated carbocycles. The lowest BCUT2D eigenvalue weighted by Gasteiger charge is -2.34. The first-order valence-electron chi connectivity index (χ1n) is 14.8. The molecule has 240 valence electrons. The molecule has 46 heavy (non-hydrogen) atoms. The van der Waals surface area contributed by atoms with Crippen LogP contribution in [-0.4, -0.2) is 75.7 Å². The van der Waals surface area contributed by atoms with Gasteiger partial charge < -0.3 is 10.0 Å². The maximum absolute atomic E-state index is 14.5. The molecule has 3 aliphatic rings. The molecule has 3 aromatic rings. The molecule has 2 amide bonds. The number of piperidine rings is 1. The van der Waals surface area contributed by atoms with Crippen molar-refractivity contribution < 1.29 is 27.9 Å². The number of likely N-dealkylation sites (tertiary alicyclic amines) is 1. The van der Waals surface area contributed by atoms with Crippen molar-refractivity contribution in [3.8, 4) is 6.07 Å². The molecule has 0 bridgehead atoms. The summed E-state index contributed by atoms with van der Waals surface area (Å²) in [6.45, 7) is 2.19. The molecule has 2 fully saturated rings. The van der Waals surface area contributed by atoms with Gasteiger partial charge in [-0.2, -0.15) is 9.57 Å². The van der Waals surface area contributed by atoms with Gasteiger partial charge in [0.05, 0.1) is 29.4 Å². The summed E-state index contributed by atoms with van der Waals surface area (Å²) in [5.41, 5.74) is -0.0659. The Hall–Kier alpha value is -3.96. The summed E-state index contributed by atoms with van der Waals surface area (Å²) in [6, 6.07) is 12.4. The minimum atomic E-state index is -4.38. The van der Waals surface area contributed by atoms with Crippen molar-refractivity contribution in [2.75, 3.05) is 24.5 Å². The van der Waals surface area contributed by atoms with Crippen molar-refractivity contribution >= 4 is 62.6 Å². The number of halogens is 2. The van der Waals surface area contributed by atoms with Gasteiger partial charge in [-0.05, 0) is 68.5 Å². The van der Waals surface area contributed by atoms with Crippen LogP contribution in [0.25, 0.3) is 0 Å². The van der Waals surface area contributed by atoms with Gasteiger partial charge in [0, 0.05) is 36.1 Å². The highest BCUT2D eigenvalue weighted by Gasteiger charge is 2.53. The fourth-order valence-electron chi connectivity index (χ4n) is 6.66. The average Bonchev–Trinajstić information content (AvgIpc) is 3.74. The molecule has 0 unspecified atom stereocenters. The molecule has 6 rings (SSSR count). The molecule has 2 aromatic carbocycles. The SMILES string of the molecule is C[C@@]1(Cc2ccc(C#N)cc2)C(=O)N(c2cc(Cl)cc(Cl)c2)c2ncc(S(=O)(=O)N3CCC[C@H]3C(=O)N3CCC(C(=O)O)CC3)n21. The summed E-state index contributed by atoms with van der Waals surface area (Å²) in [6.07, 6.45) is 2.63. The molecule has 2 saturated heterocycles. The number of carboxylic acids is 1. The minimum Gasteiger partial charge on any atom is -0.481 e. The van der Waals surface area contributed by atoms with Crippen molar-refractivity contribution in [3.05, 3.63) is 69.8 Å². The Balaban J connectivity index is 1.40. The summed E-state index contributed by atoms with van der Waals surface area (Å²) in [7, 11) is -4.38. The van der Waals surface area contributed by atoms with E-state index in [1.165, 1.54) is 38.2 Å². The molecule has 0 aliphatic carbocycles. The van der Waals surface area contributed by atoms with Crippen LogP contribution in [0, 0.1) is 17.2 Å². The Bertz CT molecular complexity index is 1860. The Morgan fingerprint density at radius 3 is 2.33 bits per heavy atom. The van der Waals surface area contributed by atoms with E-state index in [1.54, 1.807) is 36.1 Å². The largest absolute Gasteiger partial charge is 0.481 e. The zero-order valence-electron chi connectivity index (χ0n) is 24.8. The number of rotatable bonds is 7. The summed E-state index contributed by atoms with van der Waals surface area (Å²) < 4.78 is 31.5. The van der Waals surface area contributed by atoms with Crippen molar-refractivity contribution in [1.82, 2.24) is 18.8 Å². The van der Waals surface area contributed by atoms with Crippen molar-refractivity contribution in [3.63, 3.8) is 0 Å². The molecule has 15 heteroatoms. The Morgan fingerprint density at radius 2 is 1.72 bits per heavy atom. The second-order valence-corrected chi connectivity index (χ2v) is 14.7.